The molecule has 1 unspecified atom stereocenters. The molecule has 180 valence electrons. The Morgan fingerprint density at radius 2 is 1.85 bits per heavy atom. The molecular formula is C25H29N3O6. The minimum Gasteiger partial charge on any atom is -0.454 e. The van der Waals surface area contributed by atoms with Gasteiger partial charge in [-0.15, -0.1) is 0 Å². The molecule has 3 N–H and O–H groups in total. The van der Waals surface area contributed by atoms with Gasteiger partial charge in [0.1, 0.15) is 0 Å². The van der Waals surface area contributed by atoms with Crippen LogP contribution in [0.5, 0.6) is 11.5 Å². The van der Waals surface area contributed by atoms with Crippen molar-refractivity contribution in [2.75, 3.05) is 30.1 Å². The fourth-order valence-corrected chi connectivity index (χ4v) is 4.07. The van der Waals surface area contributed by atoms with Crippen LogP contribution >= 0.6 is 0 Å². The van der Waals surface area contributed by atoms with E-state index in [-0.39, 0.29) is 31.6 Å². The number of anilines is 2. The number of aliphatic hydroxyl groups excluding tert-OH is 1. The molecule has 0 saturated carbocycles. The summed E-state index contributed by atoms with van der Waals surface area (Å²) in [6.07, 6.45) is 1.14. The lowest BCUT2D eigenvalue weighted by Gasteiger charge is -2.31. The number of aliphatic hydroxyl groups is 1. The van der Waals surface area contributed by atoms with E-state index >= 15 is 0 Å². The maximum Gasteiger partial charge on any atom is 0.313 e. The molecule has 0 aliphatic carbocycles. The summed E-state index contributed by atoms with van der Waals surface area (Å²) in [6, 6.07) is 10.5. The van der Waals surface area contributed by atoms with E-state index in [0.717, 1.165) is 24.1 Å². The summed E-state index contributed by atoms with van der Waals surface area (Å²) in [6.45, 7) is 4.61. The summed E-state index contributed by atoms with van der Waals surface area (Å²) in [4.78, 5) is 39.0. The summed E-state index contributed by atoms with van der Waals surface area (Å²) >= 11 is 0. The van der Waals surface area contributed by atoms with E-state index in [1.807, 2.05) is 19.9 Å². The van der Waals surface area contributed by atoms with Gasteiger partial charge >= 0.3 is 11.8 Å². The molecule has 2 heterocycles. The number of rotatable bonds is 6. The number of hydrogen-bond donors (Lipinski definition) is 3. The second-order valence-electron chi connectivity index (χ2n) is 8.72. The molecule has 9 nitrogen and oxygen atoms in total. The van der Waals surface area contributed by atoms with Gasteiger partial charge in [0, 0.05) is 30.4 Å². The van der Waals surface area contributed by atoms with Crippen molar-refractivity contribution in [3.8, 4) is 11.5 Å². The first-order chi connectivity index (χ1) is 16.3. The zero-order chi connectivity index (χ0) is 24.2. The lowest BCUT2D eigenvalue weighted by Crippen LogP contribution is -2.38. The number of amides is 3. The number of carbonyl (C=O) groups excluding carboxylic acids is 3. The maximum absolute atomic E-state index is 12.6. The number of carbonyl (C=O) groups is 3. The molecule has 0 spiro atoms. The fraction of sp³-hybridized carbons (Fsp3) is 0.400. The van der Waals surface area contributed by atoms with Crippen molar-refractivity contribution in [2.24, 2.45) is 5.92 Å². The number of hydrogen-bond acceptors (Lipinski definition) is 6. The van der Waals surface area contributed by atoms with Crippen LogP contribution in [0.2, 0.25) is 0 Å². The number of fused-ring (bicyclic) bond motifs is 2. The zero-order valence-electron chi connectivity index (χ0n) is 19.3. The Kier molecular flexibility index (Phi) is 7.02. The van der Waals surface area contributed by atoms with Crippen LogP contribution in [0.15, 0.2) is 36.4 Å². The highest BCUT2D eigenvalue weighted by molar-refractivity contribution is 6.39. The predicted molar refractivity (Wildman–Crippen MR) is 126 cm³/mol. The van der Waals surface area contributed by atoms with Crippen molar-refractivity contribution in [1.29, 1.82) is 0 Å². The van der Waals surface area contributed by atoms with Crippen LogP contribution in [-0.2, 0) is 20.8 Å². The van der Waals surface area contributed by atoms with Gasteiger partial charge in [0.25, 0.3) is 0 Å². The van der Waals surface area contributed by atoms with Gasteiger partial charge in [-0.25, -0.2) is 0 Å². The van der Waals surface area contributed by atoms with Crippen molar-refractivity contribution < 1.29 is 29.0 Å². The molecule has 3 amide bonds. The molecule has 0 fully saturated rings. The summed E-state index contributed by atoms with van der Waals surface area (Å²) in [5, 5.41) is 15.5. The number of ether oxygens (including phenoxy) is 2. The molecule has 2 aliphatic rings. The van der Waals surface area contributed by atoms with E-state index in [9.17, 15) is 19.5 Å². The van der Waals surface area contributed by atoms with Crippen LogP contribution in [0.25, 0.3) is 0 Å². The highest BCUT2D eigenvalue weighted by atomic mass is 16.7. The first kappa shape index (κ1) is 23.6. The van der Waals surface area contributed by atoms with Gasteiger partial charge in [0.05, 0.1) is 6.10 Å². The third kappa shape index (κ3) is 5.14. The van der Waals surface area contributed by atoms with Crippen molar-refractivity contribution in [3.05, 3.63) is 47.5 Å². The van der Waals surface area contributed by atoms with E-state index in [4.69, 9.17) is 9.47 Å². The minimum absolute atomic E-state index is 0.0307. The minimum atomic E-state index is -0.831. The van der Waals surface area contributed by atoms with Crippen molar-refractivity contribution >= 4 is 29.1 Å². The Bertz CT molecular complexity index is 1100. The van der Waals surface area contributed by atoms with Gasteiger partial charge in [-0.3, -0.25) is 14.4 Å². The maximum atomic E-state index is 12.6. The number of aryl methyl sites for hydroxylation is 1. The van der Waals surface area contributed by atoms with Crippen LogP contribution in [0.1, 0.15) is 43.9 Å². The van der Waals surface area contributed by atoms with E-state index < -0.39 is 17.9 Å². The SMILES string of the molecule is CC(C)C(=O)N1CCCc2ccc(NC(=O)C(=O)NCCC(O)c3ccc4c(c3)OCO4)cc21. The Balaban J connectivity index is 1.31. The van der Waals surface area contributed by atoms with Crippen LogP contribution in [0, 0.1) is 5.92 Å². The number of nitrogens with zero attached hydrogens (tertiary/aromatic N) is 1. The molecule has 34 heavy (non-hydrogen) atoms. The van der Waals surface area contributed by atoms with Gasteiger partial charge in [-0.1, -0.05) is 26.0 Å². The first-order valence-corrected chi connectivity index (χ1v) is 11.4. The Labute approximate surface area is 198 Å². The van der Waals surface area contributed by atoms with Gasteiger partial charge in [-0.05, 0) is 54.7 Å². The fourth-order valence-electron chi connectivity index (χ4n) is 4.07. The van der Waals surface area contributed by atoms with E-state index in [1.165, 1.54) is 0 Å². The summed E-state index contributed by atoms with van der Waals surface area (Å²) in [7, 11) is 0. The molecule has 0 aromatic heterocycles. The molecule has 0 radical (unpaired) electrons. The Hall–Kier alpha value is -3.59. The van der Waals surface area contributed by atoms with Gasteiger partial charge in [0.15, 0.2) is 11.5 Å². The average molecular weight is 468 g/mol. The van der Waals surface area contributed by atoms with Crippen LogP contribution in [0.4, 0.5) is 11.4 Å². The van der Waals surface area contributed by atoms with E-state index in [0.29, 0.717) is 29.3 Å². The van der Waals surface area contributed by atoms with E-state index in [1.54, 1.807) is 35.2 Å². The lowest BCUT2D eigenvalue weighted by atomic mass is 9.99. The summed E-state index contributed by atoms with van der Waals surface area (Å²) in [5.41, 5.74) is 2.90. The van der Waals surface area contributed by atoms with Crippen LogP contribution in [-0.4, -0.2) is 42.7 Å². The molecule has 4 rings (SSSR count). The molecule has 2 aliphatic heterocycles. The summed E-state index contributed by atoms with van der Waals surface area (Å²) in [5.74, 6) is -0.523. The second-order valence-corrected chi connectivity index (χ2v) is 8.72. The molecule has 1 atom stereocenters. The molecule has 0 saturated heterocycles. The van der Waals surface area contributed by atoms with Crippen molar-refractivity contribution in [3.63, 3.8) is 0 Å². The second kappa shape index (κ2) is 10.1. The molecule has 9 heteroatoms. The van der Waals surface area contributed by atoms with Crippen LogP contribution in [0.3, 0.4) is 0 Å². The van der Waals surface area contributed by atoms with Crippen molar-refractivity contribution in [1.82, 2.24) is 5.32 Å². The first-order valence-electron chi connectivity index (χ1n) is 11.4. The summed E-state index contributed by atoms with van der Waals surface area (Å²) < 4.78 is 10.6. The monoisotopic (exact) mass is 467 g/mol. The van der Waals surface area contributed by atoms with Gasteiger partial charge in [0.2, 0.25) is 12.7 Å². The lowest BCUT2D eigenvalue weighted by molar-refractivity contribution is -0.136. The third-order valence-electron chi connectivity index (χ3n) is 5.91. The van der Waals surface area contributed by atoms with Crippen LogP contribution < -0.4 is 25.0 Å². The standard InChI is InChI=1S/C25H29N3O6/c1-15(2)25(32)28-11-3-4-16-5-7-18(13-19(16)28)27-24(31)23(30)26-10-9-20(29)17-6-8-21-22(12-17)34-14-33-21/h5-8,12-13,15,20,29H,3-4,9-11,14H2,1-2H3,(H,26,30)(H,27,31). The molecule has 2 aromatic carbocycles. The Morgan fingerprint density at radius 3 is 2.65 bits per heavy atom. The van der Waals surface area contributed by atoms with Crippen molar-refractivity contribution in [2.45, 2.75) is 39.2 Å². The predicted octanol–water partition coefficient (Wildman–Crippen LogP) is 2.53. The average Bonchev–Trinajstić information content (AvgIpc) is 3.31. The topological polar surface area (TPSA) is 117 Å². The smallest absolute Gasteiger partial charge is 0.313 e. The number of nitrogens with one attached hydrogen (secondary N) is 2. The number of benzene rings is 2. The van der Waals surface area contributed by atoms with Gasteiger partial charge < -0.3 is 30.1 Å². The van der Waals surface area contributed by atoms with E-state index in [2.05, 4.69) is 10.6 Å². The third-order valence-corrected chi connectivity index (χ3v) is 5.91. The zero-order valence-corrected chi connectivity index (χ0v) is 19.3. The Morgan fingerprint density at radius 1 is 1.06 bits per heavy atom. The molecule has 0 bridgehead atoms. The van der Waals surface area contributed by atoms with Gasteiger partial charge in [-0.2, -0.15) is 0 Å². The molecule has 2 aromatic rings. The largest absolute Gasteiger partial charge is 0.454 e. The quantitative estimate of drug-likeness (QED) is 0.562. The molecular weight excluding hydrogens is 438 g/mol. The highest BCUT2D eigenvalue weighted by Crippen LogP contribution is 2.35. The highest BCUT2D eigenvalue weighted by Gasteiger charge is 2.25. The normalized spacial score (nSPS) is 15.0.